The van der Waals surface area contributed by atoms with Crippen LogP contribution in [0, 0.1) is 5.92 Å². The number of rotatable bonds is 2. The highest BCUT2D eigenvalue weighted by atomic mass is 79.9. The Morgan fingerprint density at radius 1 is 1.50 bits per heavy atom. The topological polar surface area (TPSA) is 20.5 Å². The molecule has 0 amide bonds. The van der Waals surface area contributed by atoms with Crippen LogP contribution in [0.25, 0.3) is 5.52 Å². The normalized spacial score (nSPS) is 21.6. The van der Waals surface area contributed by atoms with Gasteiger partial charge in [-0.1, -0.05) is 0 Å². The maximum absolute atomic E-state index is 4.59. The molecule has 2 aromatic heterocycles. The molecule has 1 saturated heterocycles. The van der Waals surface area contributed by atoms with Crippen molar-refractivity contribution in [2.24, 2.45) is 5.92 Å². The first-order chi connectivity index (χ1) is 8.74. The Morgan fingerprint density at radius 3 is 3.22 bits per heavy atom. The molecular weight excluding hydrogens is 290 g/mol. The predicted molar refractivity (Wildman–Crippen MR) is 76.8 cm³/mol. The zero-order chi connectivity index (χ0) is 12.5. The molecule has 2 aromatic rings. The average Bonchev–Trinajstić information content (AvgIpc) is 2.74. The predicted octanol–water partition coefficient (Wildman–Crippen LogP) is 2.98. The quantitative estimate of drug-likeness (QED) is 0.850. The van der Waals surface area contributed by atoms with Crippen LogP contribution in [0.1, 0.15) is 18.7 Å². The summed E-state index contributed by atoms with van der Waals surface area (Å²) >= 11 is 3.58. The number of halogens is 1. The molecule has 0 aliphatic carbocycles. The summed E-state index contributed by atoms with van der Waals surface area (Å²) in [6.45, 7) is 2.44. The van der Waals surface area contributed by atoms with Gasteiger partial charge in [-0.15, -0.1) is 0 Å². The first-order valence-corrected chi connectivity index (χ1v) is 7.32. The minimum Gasteiger partial charge on any atom is -0.306 e. The minimum absolute atomic E-state index is 0.744. The van der Waals surface area contributed by atoms with Crippen molar-refractivity contribution < 1.29 is 0 Å². The molecule has 0 N–H and O–H groups in total. The number of imidazole rings is 1. The van der Waals surface area contributed by atoms with Crippen LogP contribution < -0.4 is 0 Å². The third-order valence-corrected chi connectivity index (χ3v) is 4.46. The van der Waals surface area contributed by atoms with Gasteiger partial charge in [0, 0.05) is 23.6 Å². The highest BCUT2D eigenvalue weighted by molar-refractivity contribution is 9.10. The molecule has 3 nitrogen and oxygen atoms in total. The van der Waals surface area contributed by atoms with Gasteiger partial charge in [0.05, 0.1) is 11.7 Å². The fourth-order valence-electron chi connectivity index (χ4n) is 2.89. The van der Waals surface area contributed by atoms with Crippen molar-refractivity contribution in [3.05, 3.63) is 34.8 Å². The van der Waals surface area contributed by atoms with Crippen LogP contribution in [0.3, 0.4) is 0 Å². The summed E-state index contributed by atoms with van der Waals surface area (Å²) in [5.74, 6) is 1.93. The molecule has 1 unspecified atom stereocenters. The highest BCUT2D eigenvalue weighted by Crippen LogP contribution is 2.23. The van der Waals surface area contributed by atoms with E-state index in [9.17, 15) is 0 Å². The second-order valence-electron chi connectivity index (χ2n) is 5.26. The van der Waals surface area contributed by atoms with Gasteiger partial charge in [0.1, 0.15) is 5.82 Å². The van der Waals surface area contributed by atoms with Crippen LogP contribution in [0.4, 0.5) is 0 Å². The maximum atomic E-state index is 4.59. The molecule has 1 atom stereocenters. The summed E-state index contributed by atoms with van der Waals surface area (Å²) in [6, 6.07) is 4.13. The van der Waals surface area contributed by atoms with E-state index in [2.05, 4.69) is 55.6 Å². The van der Waals surface area contributed by atoms with Crippen LogP contribution >= 0.6 is 15.9 Å². The Balaban J connectivity index is 1.84. The first-order valence-electron chi connectivity index (χ1n) is 6.53. The molecule has 0 spiro atoms. The molecule has 1 fully saturated rings. The van der Waals surface area contributed by atoms with Crippen molar-refractivity contribution in [1.29, 1.82) is 0 Å². The van der Waals surface area contributed by atoms with Crippen molar-refractivity contribution in [2.75, 3.05) is 20.1 Å². The summed E-state index contributed by atoms with van der Waals surface area (Å²) in [5, 5.41) is 0. The lowest BCUT2D eigenvalue weighted by atomic mass is 9.95. The molecule has 3 heterocycles. The Hall–Kier alpha value is -0.870. The first kappa shape index (κ1) is 12.2. The maximum Gasteiger partial charge on any atom is 0.113 e. The largest absolute Gasteiger partial charge is 0.306 e. The van der Waals surface area contributed by atoms with Crippen molar-refractivity contribution >= 4 is 21.4 Å². The van der Waals surface area contributed by atoms with Gasteiger partial charge in [-0.2, -0.15) is 0 Å². The van der Waals surface area contributed by atoms with Crippen LogP contribution in [-0.2, 0) is 6.42 Å². The average molecular weight is 308 g/mol. The molecule has 0 aromatic carbocycles. The fraction of sp³-hybridized carbons (Fsp3) is 0.500. The van der Waals surface area contributed by atoms with E-state index in [4.69, 9.17) is 0 Å². The van der Waals surface area contributed by atoms with Crippen LogP contribution in [-0.4, -0.2) is 34.4 Å². The van der Waals surface area contributed by atoms with Gasteiger partial charge in [0.15, 0.2) is 0 Å². The number of aromatic nitrogens is 2. The van der Waals surface area contributed by atoms with E-state index in [1.165, 1.54) is 31.8 Å². The minimum atomic E-state index is 0.744. The van der Waals surface area contributed by atoms with Crippen molar-refractivity contribution in [1.82, 2.24) is 14.3 Å². The number of likely N-dealkylation sites (tertiary alicyclic amines) is 1. The Kier molecular flexibility index (Phi) is 3.39. The summed E-state index contributed by atoms with van der Waals surface area (Å²) < 4.78 is 3.32. The molecule has 1 aliphatic heterocycles. The summed E-state index contributed by atoms with van der Waals surface area (Å²) in [7, 11) is 2.21. The second kappa shape index (κ2) is 5.02. The lowest BCUT2D eigenvalue weighted by molar-refractivity contribution is 0.207. The number of hydrogen-bond donors (Lipinski definition) is 0. The zero-order valence-electron chi connectivity index (χ0n) is 10.6. The van der Waals surface area contributed by atoms with E-state index < -0.39 is 0 Å². The molecule has 18 heavy (non-hydrogen) atoms. The van der Waals surface area contributed by atoms with E-state index in [1.54, 1.807) is 0 Å². The van der Waals surface area contributed by atoms with Gasteiger partial charge in [0.2, 0.25) is 0 Å². The molecule has 4 heteroatoms. The van der Waals surface area contributed by atoms with E-state index in [0.717, 1.165) is 22.3 Å². The number of hydrogen-bond acceptors (Lipinski definition) is 2. The molecule has 96 valence electrons. The van der Waals surface area contributed by atoms with Gasteiger partial charge in [-0.3, -0.25) is 0 Å². The second-order valence-corrected chi connectivity index (χ2v) is 6.11. The van der Waals surface area contributed by atoms with Gasteiger partial charge >= 0.3 is 0 Å². The standard InChI is InChI=1S/C14H18BrN3/c1-17-6-2-4-11(10-17)8-14-16-9-13-12(15)5-3-7-18(13)14/h3,5,7,9,11H,2,4,6,8,10H2,1H3. The van der Waals surface area contributed by atoms with Crippen LogP contribution in [0.15, 0.2) is 29.0 Å². The molecule has 0 radical (unpaired) electrons. The fourth-order valence-corrected chi connectivity index (χ4v) is 3.34. The van der Waals surface area contributed by atoms with Gasteiger partial charge in [-0.05, 0) is 60.4 Å². The van der Waals surface area contributed by atoms with Crippen molar-refractivity contribution in [3.63, 3.8) is 0 Å². The smallest absolute Gasteiger partial charge is 0.113 e. The SMILES string of the molecule is CN1CCCC(Cc2ncc3c(Br)cccn23)C1. The molecule has 0 saturated carbocycles. The van der Waals surface area contributed by atoms with Crippen molar-refractivity contribution in [3.8, 4) is 0 Å². The Bertz CT molecular complexity index is 549. The third-order valence-electron chi connectivity index (χ3n) is 3.79. The molecule has 3 rings (SSSR count). The number of pyridine rings is 1. The number of fused-ring (bicyclic) bond motifs is 1. The lowest BCUT2D eigenvalue weighted by Gasteiger charge is -2.29. The van der Waals surface area contributed by atoms with E-state index in [1.807, 2.05) is 6.20 Å². The Morgan fingerprint density at radius 2 is 2.39 bits per heavy atom. The summed E-state index contributed by atoms with van der Waals surface area (Å²) in [4.78, 5) is 7.02. The molecule has 0 bridgehead atoms. The zero-order valence-corrected chi connectivity index (χ0v) is 12.2. The van der Waals surface area contributed by atoms with Crippen molar-refractivity contribution in [2.45, 2.75) is 19.3 Å². The Labute approximate surface area is 116 Å². The van der Waals surface area contributed by atoms with Gasteiger partial charge in [0.25, 0.3) is 0 Å². The van der Waals surface area contributed by atoms with E-state index in [0.29, 0.717) is 0 Å². The van der Waals surface area contributed by atoms with Gasteiger partial charge < -0.3 is 9.30 Å². The molecular formula is C14H18BrN3. The van der Waals surface area contributed by atoms with Crippen LogP contribution in [0.5, 0.6) is 0 Å². The van der Waals surface area contributed by atoms with Gasteiger partial charge in [-0.25, -0.2) is 4.98 Å². The summed E-state index contributed by atoms with van der Waals surface area (Å²) in [5.41, 5.74) is 1.16. The molecule has 1 aliphatic rings. The summed E-state index contributed by atoms with van der Waals surface area (Å²) in [6.07, 6.45) is 7.79. The van der Waals surface area contributed by atoms with E-state index >= 15 is 0 Å². The number of piperidine rings is 1. The third kappa shape index (κ3) is 2.31. The monoisotopic (exact) mass is 307 g/mol. The number of nitrogens with zero attached hydrogens (tertiary/aromatic N) is 3. The van der Waals surface area contributed by atoms with Crippen LogP contribution in [0.2, 0.25) is 0 Å². The van der Waals surface area contributed by atoms with E-state index in [-0.39, 0.29) is 0 Å². The lowest BCUT2D eigenvalue weighted by Crippen LogP contribution is -2.33. The highest BCUT2D eigenvalue weighted by Gasteiger charge is 2.19.